The summed E-state index contributed by atoms with van der Waals surface area (Å²) >= 11 is 6.00. The Kier molecular flexibility index (Phi) is 4.58. The van der Waals surface area contributed by atoms with E-state index in [1.54, 1.807) is 13.4 Å². The van der Waals surface area contributed by atoms with Crippen molar-refractivity contribution in [2.24, 2.45) is 0 Å². The summed E-state index contributed by atoms with van der Waals surface area (Å²) in [5.41, 5.74) is 1.86. The molecule has 112 valence electrons. The third-order valence-corrected chi connectivity index (χ3v) is 3.87. The van der Waals surface area contributed by atoms with Gasteiger partial charge in [-0.3, -0.25) is 4.90 Å². The van der Waals surface area contributed by atoms with Gasteiger partial charge in [-0.25, -0.2) is 4.98 Å². The summed E-state index contributed by atoms with van der Waals surface area (Å²) in [7, 11) is 1.73. The van der Waals surface area contributed by atoms with Crippen molar-refractivity contribution in [2.45, 2.75) is 25.4 Å². The molecule has 1 aromatic carbocycles. The van der Waals surface area contributed by atoms with Crippen LogP contribution in [-0.2, 0) is 11.3 Å². The van der Waals surface area contributed by atoms with Crippen LogP contribution in [0.4, 0.5) is 0 Å². The zero-order chi connectivity index (χ0) is 14.7. The SMILES string of the molecule is COCCN(Cc1coc(-c2cccc(Cl)c2)n1)C1CC1. The van der Waals surface area contributed by atoms with Gasteiger partial charge in [-0.05, 0) is 31.0 Å². The van der Waals surface area contributed by atoms with Crippen LogP contribution in [0.1, 0.15) is 18.5 Å². The molecule has 0 atom stereocenters. The van der Waals surface area contributed by atoms with Crippen LogP contribution in [0.15, 0.2) is 34.9 Å². The van der Waals surface area contributed by atoms with E-state index in [9.17, 15) is 0 Å². The van der Waals surface area contributed by atoms with Crippen molar-refractivity contribution in [1.82, 2.24) is 9.88 Å². The minimum absolute atomic E-state index is 0.620. The minimum atomic E-state index is 0.620. The molecule has 0 spiro atoms. The van der Waals surface area contributed by atoms with E-state index in [0.29, 0.717) is 17.0 Å². The van der Waals surface area contributed by atoms with Crippen LogP contribution < -0.4 is 0 Å². The molecular weight excluding hydrogens is 288 g/mol. The molecule has 0 N–H and O–H groups in total. The molecule has 1 aliphatic rings. The summed E-state index contributed by atoms with van der Waals surface area (Å²) in [6.07, 6.45) is 4.27. The number of rotatable bonds is 7. The van der Waals surface area contributed by atoms with Gasteiger partial charge in [0, 0.05) is 36.8 Å². The fourth-order valence-corrected chi connectivity index (χ4v) is 2.57. The van der Waals surface area contributed by atoms with E-state index in [-0.39, 0.29) is 0 Å². The number of hydrogen-bond donors (Lipinski definition) is 0. The lowest BCUT2D eigenvalue weighted by Gasteiger charge is -2.19. The van der Waals surface area contributed by atoms with Crippen LogP contribution in [0, 0.1) is 0 Å². The molecule has 2 aromatic rings. The number of benzene rings is 1. The lowest BCUT2D eigenvalue weighted by Crippen LogP contribution is -2.29. The molecule has 1 aromatic heterocycles. The van der Waals surface area contributed by atoms with E-state index in [1.807, 2.05) is 24.3 Å². The summed E-state index contributed by atoms with van der Waals surface area (Å²) in [6, 6.07) is 8.23. The van der Waals surface area contributed by atoms with Crippen molar-refractivity contribution in [3.63, 3.8) is 0 Å². The topological polar surface area (TPSA) is 38.5 Å². The average Bonchev–Trinajstić information content (AvgIpc) is 3.22. The number of aromatic nitrogens is 1. The van der Waals surface area contributed by atoms with Gasteiger partial charge >= 0.3 is 0 Å². The van der Waals surface area contributed by atoms with Gasteiger partial charge in [-0.1, -0.05) is 17.7 Å². The van der Waals surface area contributed by atoms with Gasteiger partial charge in [0.25, 0.3) is 0 Å². The molecule has 5 heteroatoms. The van der Waals surface area contributed by atoms with Crippen molar-refractivity contribution < 1.29 is 9.15 Å². The van der Waals surface area contributed by atoms with Crippen LogP contribution in [0.3, 0.4) is 0 Å². The Morgan fingerprint density at radius 2 is 2.29 bits per heavy atom. The molecule has 0 radical (unpaired) electrons. The standard InChI is InChI=1S/C16H19ClN2O2/c1-20-8-7-19(15-5-6-15)10-14-11-21-16(18-14)12-3-2-4-13(17)9-12/h2-4,9,11,15H,5-8,10H2,1H3. The Hall–Kier alpha value is -1.36. The molecule has 3 rings (SSSR count). The highest BCUT2D eigenvalue weighted by atomic mass is 35.5. The molecule has 1 heterocycles. The first-order chi connectivity index (χ1) is 10.3. The van der Waals surface area contributed by atoms with Crippen molar-refractivity contribution >= 4 is 11.6 Å². The first-order valence-electron chi connectivity index (χ1n) is 7.19. The van der Waals surface area contributed by atoms with E-state index in [1.165, 1.54) is 12.8 Å². The molecule has 0 amide bonds. The molecule has 1 fully saturated rings. The second-order valence-electron chi connectivity index (χ2n) is 5.35. The second kappa shape index (κ2) is 6.60. The molecule has 1 saturated carbocycles. The first kappa shape index (κ1) is 14.6. The molecule has 0 saturated heterocycles. The summed E-state index contributed by atoms with van der Waals surface area (Å²) < 4.78 is 10.8. The van der Waals surface area contributed by atoms with Crippen LogP contribution in [0.2, 0.25) is 5.02 Å². The third-order valence-electron chi connectivity index (χ3n) is 3.63. The maximum atomic E-state index is 6.00. The molecule has 4 nitrogen and oxygen atoms in total. The van der Waals surface area contributed by atoms with Crippen LogP contribution in [-0.4, -0.2) is 36.2 Å². The number of oxazole rings is 1. The quantitative estimate of drug-likeness (QED) is 0.783. The summed E-state index contributed by atoms with van der Waals surface area (Å²) in [4.78, 5) is 6.98. The van der Waals surface area contributed by atoms with Crippen LogP contribution in [0.5, 0.6) is 0 Å². The summed E-state index contributed by atoms with van der Waals surface area (Å²) in [6.45, 7) is 2.48. The van der Waals surface area contributed by atoms with E-state index < -0.39 is 0 Å². The van der Waals surface area contributed by atoms with E-state index in [2.05, 4.69) is 9.88 Å². The summed E-state index contributed by atoms with van der Waals surface area (Å²) in [5, 5.41) is 0.687. The second-order valence-corrected chi connectivity index (χ2v) is 5.79. The van der Waals surface area contributed by atoms with Crippen LogP contribution >= 0.6 is 11.6 Å². The highest BCUT2D eigenvalue weighted by molar-refractivity contribution is 6.30. The van der Waals surface area contributed by atoms with Gasteiger partial charge in [-0.15, -0.1) is 0 Å². The molecule has 21 heavy (non-hydrogen) atoms. The van der Waals surface area contributed by atoms with Gasteiger partial charge in [0.1, 0.15) is 6.26 Å². The third kappa shape index (κ3) is 3.84. The number of ether oxygens (including phenoxy) is 1. The molecule has 0 aliphatic heterocycles. The average molecular weight is 307 g/mol. The lowest BCUT2D eigenvalue weighted by atomic mass is 10.2. The maximum absolute atomic E-state index is 6.00. The van der Waals surface area contributed by atoms with Gasteiger partial charge < -0.3 is 9.15 Å². The Morgan fingerprint density at radius 1 is 1.43 bits per heavy atom. The first-order valence-corrected chi connectivity index (χ1v) is 7.57. The molecular formula is C16H19ClN2O2. The van der Waals surface area contributed by atoms with E-state index >= 15 is 0 Å². The largest absolute Gasteiger partial charge is 0.444 e. The predicted molar refractivity (Wildman–Crippen MR) is 82.3 cm³/mol. The zero-order valence-electron chi connectivity index (χ0n) is 12.1. The van der Waals surface area contributed by atoms with Crippen molar-refractivity contribution in [1.29, 1.82) is 0 Å². The minimum Gasteiger partial charge on any atom is -0.444 e. The van der Waals surface area contributed by atoms with Gasteiger partial charge in [0.2, 0.25) is 5.89 Å². The summed E-state index contributed by atoms with van der Waals surface area (Å²) in [5.74, 6) is 0.620. The van der Waals surface area contributed by atoms with Crippen molar-refractivity contribution in [3.05, 3.63) is 41.2 Å². The number of nitrogens with zero attached hydrogens (tertiary/aromatic N) is 2. The highest BCUT2D eigenvalue weighted by Crippen LogP contribution is 2.28. The van der Waals surface area contributed by atoms with Gasteiger partial charge in [-0.2, -0.15) is 0 Å². The van der Waals surface area contributed by atoms with Crippen molar-refractivity contribution in [2.75, 3.05) is 20.3 Å². The lowest BCUT2D eigenvalue weighted by molar-refractivity contribution is 0.139. The van der Waals surface area contributed by atoms with Crippen LogP contribution in [0.25, 0.3) is 11.5 Å². The maximum Gasteiger partial charge on any atom is 0.226 e. The Labute approximate surface area is 129 Å². The number of hydrogen-bond acceptors (Lipinski definition) is 4. The normalized spacial score (nSPS) is 14.8. The number of halogens is 1. The van der Waals surface area contributed by atoms with E-state index in [0.717, 1.165) is 31.0 Å². The smallest absolute Gasteiger partial charge is 0.226 e. The highest BCUT2D eigenvalue weighted by Gasteiger charge is 2.29. The molecule has 0 unspecified atom stereocenters. The fourth-order valence-electron chi connectivity index (χ4n) is 2.38. The Balaban J connectivity index is 1.69. The van der Waals surface area contributed by atoms with Crippen molar-refractivity contribution in [3.8, 4) is 11.5 Å². The van der Waals surface area contributed by atoms with Gasteiger partial charge in [0.05, 0.1) is 12.3 Å². The molecule has 0 bridgehead atoms. The predicted octanol–water partition coefficient (Wildman–Crippen LogP) is 3.61. The van der Waals surface area contributed by atoms with E-state index in [4.69, 9.17) is 20.8 Å². The Bertz CT molecular complexity index is 595. The number of methoxy groups -OCH3 is 1. The molecule has 1 aliphatic carbocycles. The zero-order valence-corrected chi connectivity index (χ0v) is 12.8. The van der Waals surface area contributed by atoms with Gasteiger partial charge in [0.15, 0.2) is 0 Å². The Morgan fingerprint density at radius 3 is 3.00 bits per heavy atom. The fraction of sp³-hybridized carbons (Fsp3) is 0.438. The monoisotopic (exact) mass is 306 g/mol.